The van der Waals surface area contributed by atoms with Gasteiger partial charge >= 0.3 is 0 Å². The second-order valence-electron chi connectivity index (χ2n) is 6.49. The summed E-state index contributed by atoms with van der Waals surface area (Å²) in [6, 6.07) is 16.2. The minimum Gasteiger partial charge on any atom is -0.496 e. The number of rotatable bonds is 7. The van der Waals surface area contributed by atoms with Crippen molar-refractivity contribution in [3.63, 3.8) is 0 Å². The van der Waals surface area contributed by atoms with E-state index in [9.17, 15) is 0 Å². The molecule has 2 aromatic rings. The largest absolute Gasteiger partial charge is 0.496 e. The summed E-state index contributed by atoms with van der Waals surface area (Å²) in [5.74, 6) is 1.57. The molecule has 0 fully saturated rings. The molecular formula is C22H25ClN2O2. The van der Waals surface area contributed by atoms with E-state index in [2.05, 4.69) is 17.9 Å². The van der Waals surface area contributed by atoms with Gasteiger partial charge in [-0.15, -0.1) is 0 Å². The highest BCUT2D eigenvalue weighted by atomic mass is 35.5. The van der Waals surface area contributed by atoms with E-state index in [0.717, 1.165) is 22.4 Å². The molecule has 4 nitrogen and oxygen atoms in total. The fourth-order valence-corrected chi connectivity index (χ4v) is 3.35. The zero-order valence-corrected chi connectivity index (χ0v) is 16.4. The molecule has 1 atom stereocenters. The van der Waals surface area contributed by atoms with Crippen LogP contribution in [0.15, 0.2) is 71.6 Å². The van der Waals surface area contributed by atoms with Gasteiger partial charge < -0.3 is 20.1 Å². The maximum atomic E-state index is 6.49. The first-order valence-corrected chi connectivity index (χ1v) is 9.37. The molecule has 0 amide bonds. The van der Waals surface area contributed by atoms with Crippen LogP contribution in [-0.4, -0.2) is 18.1 Å². The lowest BCUT2D eigenvalue weighted by molar-refractivity contribution is 0.195. The highest BCUT2D eigenvalue weighted by molar-refractivity contribution is 6.31. The van der Waals surface area contributed by atoms with Crippen LogP contribution < -0.4 is 10.5 Å². The van der Waals surface area contributed by atoms with Crippen LogP contribution in [0.25, 0.3) is 0 Å². The Bertz CT molecular complexity index is 848. The Balaban J connectivity index is 1.69. The first-order valence-electron chi connectivity index (χ1n) is 8.99. The summed E-state index contributed by atoms with van der Waals surface area (Å²) < 4.78 is 11.4. The van der Waals surface area contributed by atoms with E-state index in [1.165, 1.54) is 0 Å². The normalized spacial score (nSPS) is 16.6. The van der Waals surface area contributed by atoms with Crippen molar-refractivity contribution < 1.29 is 9.47 Å². The average Bonchev–Trinajstić information content (AvgIpc) is 2.70. The van der Waals surface area contributed by atoms with E-state index < -0.39 is 0 Å². The molecule has 2 N–H and O–H groups in total. The van der Waals surface area contributed by atoms with Crippen LogP contribution in [0.2, 0.25) is 0 Å². The van der Waals surface area contributed by atoms with Crippen molar-refractivity contribution in [2.24, 2.45) is 5.73 Å². The molecule has 0 aliphatic carbocycles. The third-order valence-corrected chi connectivity index (χ3v) is 4.98. The monoisotopic (exact) mass is 384 g/mol. The van der Waals surface area contributed by atoms with Gasteiger partial charge in [0.15, 0.2) is 0 Å². The molecule has 0 saturated carbocycles. The molecule has 142 valence electrons. The van der Waals surface area contributed by atoms with E-state index in [-0.39, 0.29) is 6.04 Å². The second kappa shape index (κ2) is 8.98. The van der Waals surface area contributed by atoms with Crippen molar-refractivity contribution in [1.82, 2.24) is 4.90 Å². The van der Waals surface area contributed by atoms with Gasteiger partial charge in [-0.3, -0.25) is 0 Å². The summed E-state index contributed by atoms with van der Waals surface area (Å²) in [5, 5.41) is 0.591. The van der Waals surface area contributed by atoms with Crippen LogP contribution >= 0.6 is 11.6 Å². The van der Waals surface area contributed by atoms with Crippen molar-refractivity contribution in [3.05, 3.63) is 88.3 Å². The molecule has 3 rings (SSSR count). The van der Waals surface area contributed by atoms with Crippen molar-refractivity contribution in [3.8, 4) is 5.75 Å². The summed E-state index contributed by atoms with van der Waals surface area (Å²) in [4.78, 5) is 2.17. The number of hydrogen-bond acceptors (Lipinski definition) is 4. The summed E-state index contributed by atoms with van der Waals surface area (Å²) in [6.07, 6.45) is 3.98. The van der Waals surface area contributed by atoms with Gasteiger partial charge in [-0.1, -0.05) is 54.1 Å². The van der Waals surface area contributed by atoms with Crippen LogP contribution in [0.5, 0.6) is 5.75 Å². The Morgan fingerprint density at radius 2 is 1.70 bits per heavy atom. The van der Waals surface area contributed by atoms with Crippen molar-refractivity contribution in [2.75, 3.05) is 7.11 Å². The van der Waals surface area contributed by atoms with E-state index in [0.29, 0.717) is 30.5 Å². The smallest absolute Gasteiger partial charge is 0.137 e. The minimum absolute atomic E-state index is 0.150. The topological polar surface area (TPSA) is 47.7 Å². The molecule has 1 heterocycles. The van der Waals surface area contributed by atoms with Crippen molar-refractivity contribution >= 4 is 11.6 Å². The number of allylic oxidation sites excluding steroid dienone is 1. The van der Waals surface area contributed by atoms with Gasteiger partial charge in [0.25, 0.3) is 0 Å². The Hall–Kier alpha value is -2.43. The molecule has 0 aromatic heterocycles. The molecule has 2 aromatic carbocycles. The molecule has 0 spiro atoms. The zero-order chi connectivity index (χ0) is 19.2. The third kappa shape index (κ3) is 4.65. The van der Waals surface area contributed by atoms with Crippen LogP contribution in [0, 0.1) is 0 Å². The molecular weight excluding hydrogens is 360 g/mol. The number of hydrogen-bond donors (Lipinski definition) is 1. The fraction of sp³-hybridized carbons (Fsp3) is 0.273. The molecule has 0 bridgehead atoms. The van der Waals surface area contributed by atoms with E-state index in [1.54, 1.807) is 7.11 Å². The lowest BCUT2D eigenvalue weighted by Gasteiger charge is -2.31. The van der Waals surface area contributed by atoms with Gasteiger partial charge in [0, 0.05) is 30.9 Å². The zero-order valence-electron chi connectivity index (χ0n) is 15.7. The molecule has 5 heteroatoms. The third-order valence-electron chi connectivity index (χ3n) is 4.70. The lowest BCUT2D eigenvalue weighted by Crippen LogP contribution is -2.29. The fourth-order valence-electron chi connectivity index (χ4n) is 3.11. The second-order valence-corrected chi connectivity index (χ2v) is 6.90. The number of ether oxygens (including phenoxy) is 2. The number of para-hydroxylation sites is 1. The Labute approximate surface area is 165 Å². The van der Waals surface area contributed by atoms with Gasteiger partial charge in [0.1, 0.15) is 18.1 Å². The number of nitrogens with two attached hydrogens (primary N) is 1. The Morgan fingerprint density at radius 1 is 1.04 bits per heavy atom. The van der Waals surface area contributed by atoms with Gasteiger partial charge in [0.05, 0.1) is 12.1 Å². The van der Waals surface area contributed by atoms with Crippen LogP contribution in [0.4, 0.5) is 0 Å². The number of methoxy groups -OCH3 is 1. The summed E-state index contributed by atoms with van der Waals surface area (Å²) in [6.45, 7) is 3.77. The maximum Gasteiger partial charge on any atom is 0.137 e. The lowest BCUT2D eigenvalue weighted by atomic mass is 10.1. The number of benzene rings is 2. The first-order chi connectivity index (χ1) is 13.1. The Kier molecular flexibility index (Phi) is 6.43. The average molecular weight is 385 g/mol. The predicted octanol–water partition coefficient (Wildman–Crippen LogP) is 4.54. The standard InChI is InChI=1S/C22H25ClN2O2/c1-16-11-22(27-15-19-9-4-3-7-17(19)12-24)20(23)14-25(16)13-18-8-5-6-10-21(18)26-2/h3-11,14,16H,12-13,15,24H2,1-2H3. The molecule has 1 aliphatic heterocycles. The summed E-state index contributed by atoms with van der Waals surface area (Å²) in [7, 11) is 1.69. The molecule has 0 radical (unpaired) electrons. The van der Waals surface area contributed by atoms with E-state index in [4.69, 9.17) is 26.8 Å². The summed E-state index contributed by atoms with van der Waals surface area (Å²) >= 11 is 6.49. The first kappa shape index (κ1) is 19.3. The number of halogens is 1. The van der Waals surface area contributed by atoms with Crippen LogP contribution in [-0.2, 0) is 24.4 Å². The Morgan fingerprint density at radius 3 is 2.41 bits per heavy atom. The van der Waals surface area contributed by atoms with Gasteiger partial charge in [-0.05, 0) is 30.2 Å². The molecule has 0 saturated heterocycles. The van der Waals surface area contributed by atoms with Gasteiger partial charge in [-0.2, -0.15) is 0 Å². The predicted molar refractivity (Wildman–Crippen MR) is 109 cm³/mol. The quantitative estimate of drug-likeness (QED) is 0.761. The minimum atomic E-state index is 0.150. The van der Waals surface area contributed by atoms with E-state index in [1.807, 2.05) is 54.7 Å². The van der Waals surface area contributed by atoms with E-state index >= 15 is 0 Å². The highest BCUT2D eigenvalue weighted by Gasteiger charge is 2.20. The SMILES string of the molecule is COc1ccccc1CN1C=C(Cl)C(OCc2ccccc2CN)=CC1C. The van der Waals surface area contributed by atoms with Gasteiger partial charge in [-0.25, -0.2) is 0 Å². The number of nitrogens with zero attached hydrogens (tertiary/aromatic N) is 1. The van der Waals surface area contributed by atoms with Gasteiger partial charge in [0.2, 0.25) is 0 Å². The van der Waals surface area contributed by atoms with Crippen molar-refractivity contribution in [2.45, 2.75) is 32.7 Å². The highest BCUT2D eigenvalue weighted by Crippen LogP contribution is 2.29. The molecule has 1 unspecified atom stereocenters. The van der Waals surface area contributed by atoms with Crippen LogP contribution in [0.3, 0.4) is 0 Å². The van der Waals surface area contributed by atoms with Crippen LogP contribution in [0.1, 0.15) is 23.6 Å². The molecule has 1 aliphatic rings. The summed E-state index contributed by atoms with van der Waals surface area (Å²) in [5.41, 5.74) is 9.07. The molecule has 27 heavy (non-hydrogen) atoms. The van der Waals surface area contributed by atoms with Crippen molar-refractivity contribution in [1.29, 1.82) is 0 Å². The maximum absolute atomic E-state index is 6.49.